The number of imidazole rings is 1. The second-order valence-corrected chi connectivity index (χ2v) is 5.95. The van der Waals surface area contributed by atoms with Gasteiger partial charge in [-0.05, 0) is 36.3 Å². The Bertz CT molecular complexity index is 1060. The van der Waals surface area contributed by atoms with Crippen molar-refractivity contribution in [3.05, 3.63) is 57.9 Å². The first-order chi connectivity index (χ1) is 13.6. The van der Waals surface area contributed by atoms with Crippen molar-refractivity contribution in [2.24, 2.45) is 0 Å². The second kappa shape index (κ2) is 8.22. The van der Waals surface area contributed by atoms with Crippen molar-refractivity contribution in [2.45, 2.75) is 13.3 Å². The first-order valence-corrected chi connectivity index (χ1v) is 8.63. The van der Waals surface area contributed by atoms with Crippen molar-refractivity contribution in [2.75, 3.05) is 13.7 Å². The van der Waals surface area contributed by atoms with Gasteiger partial charge in [-0.2, -0.15) is 5.26 Å². The van der Waals surface area contributed by atoms with Gasteiger partial charge in [0.25, 0.3) is 0 Å². The van der Waals surface area contributed by atoms with Crippen molar-refractivity contribution in [3.8, 4) is 17.6 Å². The Hall–Kier alpha value is -3.86. The average Bonchev–Trinajstić information content (AvgIpc) is 3.14. The number of fused-ring (bicyclic) bond motifs is 1. The molecule has 0 spiro atoms. The molecule has 0 aliphatic heterocycles. The van der Waals surface area contributed by atoms with E-state index in [-0.39, 0.29) is 22.8 Å². The molecule has 2 aromatic carbocycles. The molecule has 0 saturated carbocycles. The predicted molar refractivity (Wildman–Crippen MR) is 105 cm³/mol. The number of aromatic amines is 1. The van der Waals surface area contributed by atoms with Gasteiger partial charge in [-0.25, -0.2) is 4.98 Å². The molecule has 0 atom stereocenters. The maximum absolute atomic E-state index is 11.5. The number of nitrogens with zero attached hydrogens (tertiary/aromatic N) is 3. The first kappa shape index (κ1) is 18.9. The number of hydrogen-bond donors (Lipinski definition) is 1. The highest BCUT2D eigenvalue weighted by Crippen LogP contribution is 2.39. The van der Waals surface area contributed by atoms with E-state index in [9.17, 15) is 15.4 Å². The predicted octanol–water partition coefficient (Wildman–Crippen LogP) is 4.33. The number of nitriles is 1. The van der Waals surface area contributed by atoms with E-state index in [0.29, 0.717) is 24.4 Å². The Morgan fingerprint density at radius 3 is 2.82 bits per heavy atom. The molecule has 8 heteroatoms. The van der Waals surface area contributed by atoms with Crippen molar-refractivity contribution in [1.82, 2.24) is 9.97 Å². The fraction of sp³-hybridized carbons (Fsp3) is 0.200. The maximum Gasteiger partial charge on any atom is 0.315 e. The van der Waals surface area contributed by atoms with Gasteiger partial charge in [0.15, 0.2) is 5.75 Å². The molecular formula is C20H18N4O4. The van der Waals surface area contributed by atoms with E-state index in [1.165, 1.54) is 19.3 Å². The molecule has 0 aliphatic carbocycles. The van der Waals surface area contributed by atoms with Crippen LogP contribution in [0, 0.1) is 21.4 Å². The average molecular weight is 378 g/mol. The lowest BCUT2D eigenvalue weighted by atomic mass is 10.1. The molecule has 0 unspecified atom stereocenters. The third-order valence-corrected chi connectivity index (χ3v) is 4.00. The summed E-state index contributed by atoms with van der Waals surface area (Å²) in [7, 11) is 1.41. The molecular weight excluding hydrogens is 360 g/mol. The zero-order valence-corrected chi connectivity index (χ0v) is 15.4. The van der Waals surface area contributed by atoms with E-state index in [2.05, 4.69) is 16.0 Å². The van der Waals surface area contributed by atoms with Crippen LogP contribution < -0.4 is 9.47 Å². The van der Waals surface area contributed by atoms with Crippen LogP contribution in [0.2, 0.25) is 0 Å². The minimum absolute atomic E-state index is 0.0775. The minimum Gasteiger partial charge on any atom is -0.493 e. The molecule has 142 valence electrons. The second-order valence-electron chi connectivity index (χ2n) is 5.95. The van der Waals surface area contributed by atoms with Gasteiger partial charge in [-0.3, -0.25) is 10.1 Å². The van der Waals surface area contributed by atoms with Crippen LogP contribution in [-0.2, 0) is 0 Å². The van der Waals surface area contributed by atoms with Crippen molar-refractivity contribution < 1.29 is 14.4 Å². The summed E-state index contributed by atoms with van der Waals surface area (Å²) in [4.78, 5) is 18.5. The summed E-state index contributed by atoms with van der Waals surface area (Å²) >= 11 is 0. The molecule has 3 aromatic rings. The number of nitro benzene ring substituents is 1. The summed E-state index contributed by atoms with van der Waals surface area (Å²) in [6.45, 7) is 2.23. The fourth-order valence-electron chi connectivity index (χ4n) is 2.73. The number of para-hydroxylation sites is 2. The van der Waals surface area contributed by atoms with E-state index in [1.807, 2.05) is 31.2 Å². The Balaban J connectivity index is 2.09. The highest BCUT2D eigenvalue weighted by Gasteiger charge is 2.22. The van der Waals surface area contributed by atoms with Crippen LogP contribution in [0.15, 0.2) is 36.4 Å². The standard InChI is InChI=1S/C20H18N4O4/c1-3-8-28-19-17(24(25)26)10-13(11-18(19)27-2)9-14(12-21)20-22-15-6-4-5-7-16(15)23-20/h4-7,9-11H,3,8H2,1-2H3,(H,22,23)/b14-9-. The highest BCUT2D eigenvalue weighted by atomic mass is 16.6. The number of allylic oxidation sites excluding steroid dienone is 1. The van der Waals surface area contributed by atoms with Crippen molar-refractivity contribution in [1.29, 1.82) is 5.26 Å². The highest BCUT2D eigenvalue weighted by molar-refractivity contribution is 5.91. The van der Waals surface area contributed by atoms with Crippen LogP contribution in [0.4, 0.5) is 5.69 Å². The normalized spacial score (nSPS) is 11.2. The third-order valence-electron chi connectivity index (χ3n) is 4.00. The van der Waals surface area contributed by atoms with E-state index in [0.717, 1.165) is 11.0 Å². The zero-order valence-electron chi connectivity index (χ0n) is 15.4. The van der Waals surface area contributed by atoms with Crippen LogP contribution in [0.25, 0.3) is 22.7 Å². The topological polar surface area (TPSA) is 114 Å². The molecule has 0 radical (unpaired) electrons. The van der Waals surface area contributed by atoms with Gasteiger partial charge in [0.05, 0.1) is 35.2 Å². The van der Waals surface area contributed by atoms with Crippen molar-refractivity contribution >= 4 is 28.4 Å². The monoisotopic (exact) mass is 378 g/mol. The molecule has 1 aromatic heterocycles. The Morgan fingerprint density at radius 2 is 2.18 bits per heavy atom. The molecule has 1 heterocycles. The summed E-state index contributed by atoms with van der Waals surface area (Å²) in [6.07, 6.45) is 2.23. The number of nitrogens with one attached hydrogen (secondary N) is 1. The number of nitro groups is 1. The molecule has 1 N–H and O–H groups in total. The molecule has 3 rings (SSSR count). The van der Waals surface area contributed by atoms with Crippen LogP contribution >= 0.6 is 0 Å². The van der Waals surface area contributed by atoms with Crippen LogP contribution in [0.5, 0.6) is 11.5 Å². The smallest absolute Gasteiger partial charge is 0.315 e. The summed E-state index contributed by atoms with van der Waals surface area (Å²) < 4.78 is 10.8. The van der Waals surface area contributed by atoms with Crippen LogP contribution in [0.1, 0.15) is 24.7 Å². The number of H-pyrrole nitrogens is 1. The van der Waals surface area contributed by atoms with Crippen LogP contribution in [-0.4, -0.2) is 28.6 Å². The molecule has 8 nitrogen and oxygen atoms in total. The van der Waals surface area contributed by atoms with Crippen molar-refractivity contribution in [3.63, 3.8) is 0 Å². The minimum atomic E-state index is -0.530. The van der Waals surface area contributed by atoms with E-state index in [1.54, 1.807) is 6.07 Å². The van der Waals surface area contributed by atoms with Crippen LogP contribution in [0.3, 0.4) is 0 Å². The number of rotatable bonds is 7. The number of ether oxygens (including phenoxy) is 2. The van der Waals surface area contributed by atoms with Gasteiger partial charge < -0.3 is 14.5 Å². The molecule has 0 bridgehead atoms. The first-order valence-electron chi connectivity index (χ1n) is 8.63. The molecule has 0 saturated heterocycles. The summed E-state index contributed by atoms with van der Waals surface area (Å²) in [5.41, 5.74) is 1.98. The van der Waals surface area contributed by atoms with E-state index in [4.69, 9.17) is 9.47 Å². The Kier molecular flexibility index (Phi) is 5.56. The summed E-state index contributed by atoms with van der Waals surface area (Å²) in [5, 5.41) is 21.1. The third kappa shape index (κ3) is 3.78. The quantitative estimate of drug-likeness (QED) is 0.372. The largest absolute Gasteiger partial charge is 0.493 e. The molecule has 0 aliphatic rings. The summed E-state index contributed by atoms with van der Waals surface area (Å²) in [5.74, 6) is 0.696. The van der Waals surface area contributed by atoms with Gasteiger partial charge in [0.1, 0.15) is 11.9 Å². The SMILES string of the molecule is CCCOc1c(OC)cc(/C=C(/C#N)c2nc3ccccc3[nH]2)cc1[N+](=O)[O-]. The van der Waals surface area contributed by atoms with Gasteiger partial charge in [-0.1, -0.05) is 19.1 Å². The van der Waals surface area contributed by atoms with Gasteiger partial charge in [0, 0.05) is 6.07 Å². The van der Waals surface area contributed by atoms with E-state index < -0.39 is 4.92 Å². The lowest BCUT2D eigenvalue weighted by Crippen LogP contribution is -2.02. The number of benzene rings is 2. The lowest BCUT2D eigenvalue weighted by Gasteiger charge is -2.11. The van der Waals surface area contributed by atoms with Gasteiger partial charge in [-0.15, -0.1) is 0 Å². The maximum atomic E-state index is 11.5. The Morgan fingerprint density at radius 1 is 1.39 bits per heavy atom. The van der Waals surface area contributed by atoms with Gasteiger partial charge in [0.2, 0.25) is 5.75 Å². The fourth-order valence-corrected chi connectivity index (χ4v) is 2.73. The molecule has 0 amide bonds. The Labute approximate surface area is 161 Å². The number of aromatic nitrogens is 2. The van der Waals surface area contributed by atoms with E-state index >= 15 is 0 Å². The molecule has 0 fully saturated rings. The molecule has 28 heavy (non-hydrogen) atoms. The lowest BCUT2D eigenvalue weighted by molar-refractivity contribution is -0.386. The number of methoxy groups -OCH3 is 1. The summed E-state index contributed by atoms with van der Waals surface area (Å²) in [6, 6.07) is 12.4. The van der Waals surface area contributed by atoms with Gasteiger partial charge >= 0.3 is 5.69 Å². The zero-order chi connectivity index (χ0) is 20.1. The number of hydrogen-bond acceptors (Lipinski definition) is 6.